The first-order valence-corrected chi connectivity index (χ1v) is 6.20. The average Bonchev–Trinajstić information content (AvgIpc) is 2.50. The number of rotatable bonds is 4. The number of aliphatic hydroxyl groups is 1. The number of aliphatic hydroxyl groups excluding tert-OH is 1. The molecule has 5 heteroatoms. The second-order valence-corrected chi connectivity index (χ2v) is 4.27. The Hall–Kier alpha value is -2.46. The molecule has 0 heterocycles. The number of carbonyl (C=O) groups is 1. The van der Waals surface area contributed by atoms with Crippen LogP contribution in [0.2, 0.25) is 5.02 Å². The van der Waals surface area contributed by atoms with Gasteiger partial charge >= 0.3 is 0 Å². The summed E-state index contributed by atoms with van der Waals surface area (Å²) in [7, 11) is 0. The Morgan fingerprint density at radius 2 is 1.70 bits per heavy atom. The number of nitrogens with zero attached hydrogens (tertiary/aromatic N) is 2. The van der Waals surface area contributed by atoms with E-state index in [0.717, 1.165) is 0 Å². The van der Waals surface area contributed by atoms with Crippen LogP contribution >= 0.6 is 11.6 Å². The van der Waals surface area contributed by atoms with Crippen LogP contribution in [0.1, 0.15) is 10.4 Å². The summed E-state index contributed by atoms with van der Waals surface area (Å²) in [6, 6.07) is 15.4. The number of azo groups is 1. The van der Waals surface area contributed by atoms with Gasteiger partial charge in [0.1, 0.15) is 11.9 Å². The molecule has 0 spiro atoms. The first kappa shape index (κ1) is 14.0. The molecule has 0 fully saturated rings. The fourth-order valence-electron chi connectivity index (χ4n) is 1.51. The maximum Gasteiger partial charge on any atom is 0.216 e. The van der Waals surface area contributed by atoms with Gasteiger partial charge in [-0.2, -0.15) is 0 Å². The molecule has 0 aliphatic heterocycles. The molecular formula is C15H11ClN2O2. The highest BCUT2D eigenvalue weighted by molar-refractivity contribution is 6.32. The topological polar surface area (TPSA) is 62.0 Å². The summed E-state index contributed by atoms with van der Waals surface area (Å²) in [5, 5.41) is 17.2. The SMILES string of the molecule is O=C(/C(=C/O)N=Nc1ccccc1Cl)c1ccccc1. The van der Waals surface area contributed by atoms with E-state index in [0.29, 0.717) is 22.5 Å². The van der Waals surface area contributed by atoms with Gasteiger partial charge in [-0.3, -0.25) is 4.79 Å². The normalized spacial score (nSPS) is 11.8. The summed E-state index contributed by atoms with van der Waals surface area (Å²) >= 11 is 5.93. The summed E-state index contributed by atoms with van der Waals surface area (Å²) in [5.41, 5.74) is 0.691. The summed E-state index contributed by atoms with van der Waals surface area (Å²) in [5.74, 6) is -0.413. The van der Waals surface area contributed by atoms with Crippen molar-refractivity contribution >= 4 is 23.1 Å². The Morgan fingerprint density at radius 3 is 2.35 bits per heavy atom. The minimum atomic E-state index is -0.413. The van der Waals surface area contributed by atoms with Gasteiger partial charge in [-0.15, -0.1) is 10.2 Å². The quantitative estimate of drug-likeness (QED) is 0.383. The van der Waals surface area contributed by atoms with E-state index in [1.54, 1.807) is 54.6 Å². The van der Waals surface area contributed by atoms with Crippen LogP contribution in [0.25, 0.3) is 0 Å². The highest BCUT2D eigenvalue weighted by Gasteiger charge is 2.11. The zero-order valence-electron chi connectivity index (χ0n) is 10.4. The first-order chi connectivity index (χ1) is 9.72. The Morgan fingerprint density at radius 1 is 1.05 bits per heavy atom. The van der Waals surface area contributed by atoms with Crippen LogP contribution < -0.4 is 0 Å². The number of halogens is 1. The molecule has 0 radical (unpaired) electrons. The lowest BCUT2D eigenvalue weighted by Gasteiger charge is -1.99. The fourth-order valence-corrected chi connectivity index (χ4v) is 1.68. The molecule has 0 aromatic heterocycles. The van der Waals surface area contributed by atoms with E-state index in [1.807, 2.05) is 0 Å². The molecule has 0 saturated heterocycles. The number of ketones is 1. The Bertz CT molecular complexity index is 667. The monoisotopic (exact) mass is 286 g/mol. The van der Waals surface area contributed by atoms with E-state index in [1.165, 1.54) is 0 Å². The predicted octanol–water partition coefficient (Wildman–Crippen LogP) is 4.71. The number of benzene rings is 2. The van der Waals surface area contributed by atoms with E-state index in [2.05, 4.69) is 10.2 Å². The smallest absolute Gasteiger partial charge is 0.216 e. The minimum Gasteiger partial charge on any atom is -0.513 e. The van der Waals surface area contributed by atoms with Crippen molar-refractivity contribution in [1.82, 2.24) is 0 Å². The van der Waals surface area contributed by atoms with Gasteiger partial charge in [0.2, 0.25) is 5.78 Å². The average molecular weight is 287 g/mol. The van der Waals surface area contributed by atoms with Crippen molar-refractivity contribution in [2.24, 2.45) is 10.2 Å². The molecule has 2 aromatic rings. The van der Waals surface area contributed by atoms with Crippen LogP contribution in [-0.2, 0) is 0 Å². The fraction of sp³-hybridized carbons (Fsp3) is 0. The van der Waals surface area contributed by atoms with Gasteiger partial charge < -0.3 is 5.11 Å². The van der Waals surface area contributed by atoms with Gasteiger partial charge in [0.05, 0.1) is 5.02 Å². The molecule has 1 N–H and O–H groups in total. The van der Waals surface area contributed by atoms with Gasteiger partial charge in [0, 0.05) is 5.56 Å². The van der Waals surface area contributed by atoms with Crippen molar-refractivity contribution in [3.8, 4) is 0 Å². The third-order valence-corrected chi connectivity index (χ3v) is 2.83. The Labute approximate surface area is 121 Å². The maximum absolute atomic E-state index is 12.1. The molecule has 100 valence electrons. The van der Waals surface area contributed by atoms with Crippen LogP contribution in [0.5, 0.6) is 0 Å². The van der Waals surface area contributed by atoms with Crippen LogP contribution in [0.15, 0.2) is 76.8 Å². The lowest BCUT2D eigenvalue weighted by atomic mass is 10.1. The van der Waals surface area contributed by atoms with Gasteiger partial charge in [-0.25, -0.2) is 0 Å². The summed E-state index contributed by atoms with van der Waals surface area (Å²) in [6.45, 7) is 0. The van der Waals surface area contributed by atoms with Gasteiger partial charge in [-0.1, -0.05) is 54.1 Å². The summed E-state index contributed by atoms with van der Waals surface area (Å²) < 4.78 is 0. The van der Waals surface area contributed by atoms with Crippen LogP contribution in [0.3, 0.4) is 0 Å². The highest BCUT2D eigenvalue weighted by atomic mass is 35.5. The second-order valence-electron chi connectivity index (χ2n) is 3.86. The van der Waals surface area contributed by atoms with Crippen molar-refractivity contribution in [2.45, 2.75) is 0 Å². The number of Topliss-reactive ketones (excluding diaryl/α,β-unsaturated/α-hetero) is 1. The lowest BCUT2D eigenvalue weighted by Crippen LogP contribution is -2.00. The molecule has 0 bridgehead atoms. The van der Waals surface area contributed by atoms with E-state index in [4.69, 9.17) is 16.7 Å². The number of hydrogen-bond donors (Lipinski definition) is 1. The Balaban J connectivity index is 2.23. The van der Waals surface area contributed by atoms with Crippen molar-refractivity contribution in [1.29, 1.82) is 0 Å². The van der Waals surface area contributed by atoms with E-state index in [9.17, 15) is 4.79 Å². The zero-order valence-corrected chi connectivity index (χ0v) is 11.2. The van der Waals surface area contributed by atoms with Crippen molar-refractivity contribution in [3.63, 3.8) is 0 Å². The molecule has 0 amide bonds. The molecular weight excluding hydrogens is 276 g/mol. The molecule has 2 aromatic carbocycles. The first-order valence-electron chi connectivity index (χ1n) is 5.83. The largest absolute Gasteiger partial charge is 0.513 e. The third kappa shape index (κ3) is 3.30. The third-order valence-electron chi connectivity index (χ3n) is 2.51. The number of allylic oxidation sites excluding steroid dienone is 1. The maximum atomic E-state index is 12.1. The summed E-state index contributed by atoms with van der Waals surface area (Å²) in [6.07, 6.45) is 0.635. The van der Waals surface area contributed by atoms with E-state index < -0.39 is 5.78 Å². The zero-order chi connectivity index (χ0) is 14.4. The highest BCUT2D eigenvalue weighted by Crippen LogP contribution is 2.25. The van der Waals surface area contributed by atoms with Crippen molar-refractivity contribution in [2.75, 3.05) is 0 Å². The molecule has 2 rings (SSSR count). The molecule has 0 atom stereocenters. The van der Waals surface area contributed by atoms with Gasteiger partial charge in [-0.05, 0) is 12.1 Å². The van der Waals surface area contributed by atoms with E-state index in [-0.39, 0.29) is 5.70 Å². The lowest BCUT2D eigenvalue weighted by molar-refractivity contribution is 0.102. The number of hydrogen-bond acceptors (Lipinski definition) is 4. The van der Waals surface area contributed by atoms with Crippen molar-refractivity contribution < 1.29 is 9.90 Å². The Kier molecular flexibility index (Phi) is 4.63. The predicted molar refractivity (Wildman–Crippen MR) is 77.5 cm³/mol. The van der Waals surface area contributed by atoms with Crippen LogP contribution in [0, 0.1) is 0 Å². The summed E-state index contributed by atoms with van der Waals surface area (Å²) in [4.78, 5) is 12.1. The van der Waals surface area contributed by atoms with Crippen LogP contribution in [0.4, 0.5) is 5.69 Å². The molecule has 0 aliphatic rings. The minimum absolute atomic E-state index is 0.156. The molecule has 0 saturated carbocycles. The van der Waals surface area contributed by atoms with Gasteiger partial charge in [0.15, 0.2) is 5.70 Å². The second kappa shape index (κ2) is 6.63. The molecule has 0 unspecified atom stereocenters. The van der Waals surface area contributed by atoms with Gasteiger partial charge in [0.25, 0.3) is 0 Å². The molecule has 4 nitrogen and oxygen atoms in total. The number of carbonyl (C=O) groups excluding carboxylic acids is 1. The molecule has 20 heavy (non-hydrogen) atoms. The van der Waals surface area contributed by atoms with E-state index >= 15 is 0 Å². The molecule has 0 aliphatic carbocycles. The standard InChI is InChI=1S/C15H11ClN2O2/c16-12-8-4-5-9-13(12)17-18-14(10-19)15(20)11-6-2-1-3-7-11/h1-10,19H/b14-10-,18-17?. The van der Waals surface area contributed by atoms with Crippen molar-refractivity contribution in [3.05, 3.63) is 77.1 Å². The van der Waals surface area contributed by atoms with Crippen LogP contribution in [-0.4, -0.2) is 10.9 Å².